The number of carbonyl (C=O) groups excluding carboxylic acids is 1. The monoisotopic (exact) mass is 697 g/mol. The van der Waals surface area contributed by atoms with Gasteiger partial charge >= 0.3 is 0 Å². The minimum Gasteiger partial charge on any atom is -0.504 e. The van der Waals surface area contributed by atoms with E-state index in [1.54, 1.807) is 60.7 Å². The summed E-state index contributed by atoms with van der Waals surface area (Å²) in [6.45, 7) is 9.94. The standard InChI is InChI=1S/C17H16N6O.C7H10N2.C5H6N2O.2C2H6.CH4.H3N.H2O2.H2O/c18-10-1-5-12(6-2-10)21-14-9-15(24)16(20)23-17(14)22-13-7-3-11(19)4-8-13;1-5-4-6(8)2-3-7(5)9;6-5-4(8)2-1-3-7-5;2*1-2;;;1-2;/h1-9,21H,18-19H2,(H2,20,22,23);2-4H,8-9H2,1H3;1-3,8H,(H2,6,7);2*1-2H3;1H4;1H3;1-2H;1H2. The van der Waals surface area contributed by atoms with E-state index in [2.05, 4.69) is 20.3 Å². The molecule has 0 amide bonds. The van der Waals surface area contributed by atoms with Gasteiger partial charge in [0.05, 0.1) is 11.4 Å². The predicted octanol–water partition coefficient (Wildman–Crippen LogP) is 5.39. The van der Waals surface area contributed by atoms with Crippen molar-refractivity contribution in [2.75, 3.05) is 34.0 Å². The zero-order valence-electron chi connectivity index (χ0n) is 28.4. The zero-order valence-corrected chi connectivity index (χ0v) is 28.4. The van der Waals surface area contributed by atoms with Crippen molar-refractivity contribution in [1.29, 1.82) is 0 Å². The molecule has 0 spiro atoms. The van der Waals surface area contributed by atoms with Crippen molar-refractivity contribution in [1.82, 2.24) is 11.1 Å². The van der Waals surface area contributed by atoms with E-state index < -0.39 is 0 Å². The number of hydrogen-bond acceptors (Lipinski definition) is 14. The fourth-order valence-electron chi connectivity index (χ4n) is 3.18. The van der Waals surface area contributed by atoms with Crippen LogP contribution >= 0.6 is 0 Å². The minimum absolute atomic E-state index is 0. The number of nitrogens with two attached hydrogens (primary N) is 6. The van der Waals surface area contributed by atoms with Crippen molar-refractivity contribution in [2.24, 2.45) is 15.7 Å². The van der Waals surface area contributed by atoms with E-state index in [4.69, 9.17) is 50.0 Å². The number of nitrogen functional groups attached to an aromatic ring is 5. The first-order valence-electron chi connectivity index (χ1n) is 14.4. The number of amidine groups is 2. The number of hydrogen-bond donors (Lipinski definition) is 11. The SMILES string of the molecule is C.CC.CC.Cc1cc(N)ccc1N.N.NC1=NC(=Nc2ccc(N)cc2)C(Nc2ccc(N)cc2)=CC1=O.Nc1ncccc1O.O.OO. The number of carbonyl (C=O) groups is 1. The van der Waals surface area contributed by atoms with Gasteiger partial charge < -0.3 is 56.5 Å². The van der Waals surface area contributed by atoms with Gasteiger partial charge in [-0.3, -0.25) is 15.3 Å². The molecule has 5 rings (SSSR count). The third kappa shape index (κ3) is 18.2. The summed E-state index contributed by atoms with van der Waals surface area (Å²) in [6, 6.07) is 22.6. The molecule has 2 heterocycles. The highest BCUT2D eigenvalue weighted by atomic mass is 17.0. The molecule has 0 radical (unpaired) electrons. The normalized spacial score (nSPS) is 11.1. The van der Waals surface area contributed by atoms with E-state index in [0.717, 1.165) is 22.6 Å². The van der Waals surface area contributed by atoms with Crippen molar-refractivity contribution in [3.05, 3.63) is 102 Å². The second-order valence-electron chi connectivity index (χ2n) is 8.72. The van der Waals surface area contributed by atoms with Crippen LogP contribution in [0.3, 0.4) is 0 Å². The van der Waals surface area contributed by atoms with Crippen LogP contribution in [-0.4, -0.2) is 43.5 Å². The maximum absolute atomic E-state index is 11.8. The lowest BCUT2D eigenvalue weighted by Crippen LogP contribution is -2.30. The Morgan fingerprint density at radius 1 is 0.760 bits per heavy atom. The first-order chi connectivity index (χ1) is 22.5. The quantitative estimate of drug-likeness (QED) is 0.0727. The van der Waals surface area contributed by atoms with Crippen molar-refractivity contribution < 1.29 is 25.9 Å². The number of benzene rings is 3. The molecule has 1 aliphatic rings. The van der Waals surface area contributed by atoms with Crippen LogP contribution in [0, 0.1) is 6.92 Å². The summed E-state index contributed by atoms with van der Waals surface area (Å²) in [7, 11) is 0. The number of aryl methyl sites for hydroxylation is 1. The molecule has 0 saturated carbocycles. The second-order valence-corrected chi connectivity index (χ2v) is 8.72. The minimum atomic E-state index is -0.371. The number of nitrogens with zero attached hydrogens (tertiary/aromatic N) is 3. The third-order valence-corrected chi connectivity index (χ3v) is 5.42. The molecule has 3 aromatic carbocycles. The van der Waals surface area contributed by atoms with Gasteiger partial charge in [-0.05, 0) is 91.3 Å². The molecule has 1 aromatic heterocycles. The smallest absolute Gasteiger partial charge is 0.222 e. The lowest BCUT2D eigenvalue weighted by atomic mass is 10.2. The average molecular weight is 698 g/mol. The molecule has 0 atom stereocenters. The van der Waals surface area contributed by atoms with E-state index in [1.165, 1.54) is 18.3 Å². The number of ketones is 1. The van der Waals surface area contributed by atoms with Crippen LogP contribution in [0.25, 0.3) is 0 Å². The molecule has 1 aliphatic heterocycles. The number of pyridine rings is 1. The summed E-state index contributed by atoms with van der Waals surface area (Å²) in [5, 5.41) is 23.8. The van der Waals surface area contributed by atoms with Crippen LogP contribution < -0.4 is 45.9 Å². The summed E-state index contributed by atoms with van der Waals surface area (Å²) in [4.78, 5) is 23.9. The average Bonchev–Trinajstić information content (AvgIpc) is 3.08. The van der Waals surface area contributed by atoms with Gasteiger partial charge in [-0.25, -0.2) is 15.0 Å². The van der Waals surface area contributed by atoms with Gasteiger partial charge in [-0.1, -0.05) is 35.1 Å². The van der Waals surface area contributed by atoms with Crippen molar-refractivity contribution >= 4 is 57.4 Å². The fourth-order valence-corrected chi connectivity index (χ4v) is 3.18. The summed E-state index contributed by atoms with van der Waals surface area (Å²) in [5.41, 5.74) is 38.9. The lowest BCUT2D eigenvalue weighted by Gasteiger charge is -2.15. The summed E-state index contributed by atoms with van der Waals surface area (Å²) in [6.07, 6.45) is 2.89. The van der Waals surface area contributed by atoms with Crippen molar-refractivity contribution in [2.45, 2.75) is 42.0 Å². The van der Waals surface area contributed by atoms with Crippen LogP contribution in [0.5, 0.6) is 5.75 Å². The molecule has 16 heteroatoms. The molecule has 0 fully saturated rings. The van der Waals surface area contributed by atoms with Crippen molar-refractivity contribution in [3.8, 4) is 5.75 Å². The highest BCUT2D eigenvalue weighted by molar-refractivity contribution is 6.47. The highest BCUT2D eigenvalue weighted by Crippen LogP contribution is 2.20. The Hall–Kier alpha value is -6.20. The number of rotatable bonds is 3. The van der Waals surface area contributed by atoms with Crippen LogP contribution in [0.1, 0.15) is 40.7 Å². The predicted molar refractivity (Wildman–Crippen MR) is 211 cm³/mol. The van der Waals surface area contributed by atoms with Crippen LogP contribution in [0.4, 0.5) is 39.9 Å². The second kappa shape index (κ2) is 27.9. The zero-order chi connectivity index (χ0) is 35.9. The number of dihydropyridines is 1. The molecule has 276 valence electrons. The molecule has 16 nitrogen and oxygen atoms in total. The van der Waals surface area contributed by atoms with Crippen molar-refractivity contribution in [3.63, 3.8) is 0 Å². The Bertz CT molecular complexity index is 1590. The Kier molecular flexibility index (Phi) is 28.2. The van der Waals surface area contributed by atoms with Gasteiger partial charge in [-0.15, -0.1) is 0 Å². The molecular weight excluding hydrogens is 642 g/mol. The molecule has 4 aromatic rings. The molecule has 0 saturated heterocycles. The Morgan fingerprint density at radius 2 is 1.26 bits per heavy atom. The van der Waals surface area contributed by atoms with Gasteiger partial charge in [0.1, 0.15) is 0 Å². The first-order valence-corrected chi connectivity index (χ1v) is 14.4. The number of nitrogens with one attached hydrogen (secondary N) is 1. The molecular formula is C34H55N11O5. The molecule has 50 heavy (non-hydrogen) atoms. The van der Waals surface area contributed by atoms with Gasteiger partial charge in [0.25, 0.3) is 0 Å². The third-order valence-electron chi connectivity index (χ3n) is 5.42. The Morgan fingerprint density at radius 3 is 1.70 bits per heavy atom. The van der Waals surface area contributed by atoms with Crippen LogP contribution in [0.2, 0.25) is 0 Å². The maximum Gasteiger partial charge on any atom is 0.222 e. The summed E-state index contributed by atoms with van der Waals surface area (Å²) >= 11 is 0. The Labute approximate surface area is 294 Å². The first kappa shape index (κ1) is 50.7. The number of aromatic nitrogens is 1. The molecule has 0 unspecified atom stereocenters. The number of anilines is 6. The summed E-state index contributed by atoms with van der Waals surface area (Å²) in [5.74, 6) is 0.0462. The van der Waals surface area contributed by atoms with Gasteiger partial charge in [-0.2, -0.15) is 0 Å². The van der Waals surface area contributed by atoms with Gasteiger partial charge in [0.2, 0.25) is 5.78 Å². The van der Waals surface area contributed by atoms with Gasteiger partial charge in [0.15, 0.2) is 23.2 Å². The summed E-state index contributed by atoms with van der Waals surface area (Å²) < 4.78 is 0. The van der Waals surface area contributed by atoms with E-state index in [9.17, 15) is 4.79 Å². The largest absolute Gasteiger partial charge is 0.504 e. The number of aromatic hydroxyl groups is 1. The Balaban J connectivity index is -0.000000339. The highest BCUT2D eigenvalue weighted by Gasteiger charge is 2.19. The molecule has 0 bridgehead atoms. The maximum atomic E-state index is 11.8. The molecule has 21 N–H and O–H groups in total. The van der Waals surface area contributed by atoms with E-state index in [0.29, 0.717) is 28.6 Å². The topological polar surface area (TPSA) is 350 Å². The van der Waals surface area contributed by atoms with E-state index >= 15 is 0 Å². The fraction of sp³-hybridized carbons (Fsp3) is 0.176. The van der Waals surface area contributed by atoms with Crippen LogP contribution in [0.15, 0.2) is 107 Å². The molecule has 0 aliphatic carbocycles. The van der Waals surface area contributed by atoms with E-state index in [1.807, 2.05) is 46.8 Å². The number of aliphatic imine (C=N–C) groups is 2. The van der Waals surface area contributed by atoms with E-state index in [-0.39, 0.29) is 42.2 Å². The van der Waals surface area contributed by atoms with Gasteiger partial charge in [0, 0.05) is 40.7 Å². The lowest BCUT2D eigenvalue weighted by molar-refractivity contribution is -0.176. The van der Waals surface area contributed by atoms with Crippen LogP contribution in [-0.2, 0) is 4.79 Å².